The van der Waals surface area contributed by atoms with Crippen molar-refractivity contribution in [1.82, 2.24) is 25.0 Å². The Morgan fingerprint density at radius 2 is 1.91 bits per heavy atom. The van der Waals surface area contributed by atoms with E-state index >= 15 is 0 Å². The van der Waals surface area contributed by atoms with Crippen LogP contribution in [0.5, 0.6) is 11.5 Å². The smallest absolute Gasteiger partial charge is 0.224 e. The SMILES string of the molecule is Cc1cc2c(cc1CNC(=O)Cc1ccc3c(c1)CN(C(=O)CCn1cncn1)CC3)OCCO2. The first kappa shape index (κ1) is 22.9. The van der Waals surface area contributed by atoms with E-state index in [-0.39, 0.29) is 18.2 Å². The van der Waals surface area contributed by atoms with Gasteiger partial charge >= 0.3 is 0 Å². The number of fused-ring (bicyclic) bond motifs is 2. The first-order valence-electron chi connectivity index (χ1n) is 11.9. The topological polar surface area (TPSA) is 98.6 Å². The highest BCUT2D eigenvalue weighted by Gasteiger charge is 2.21. The Balaban J connectivity index is 1.16. The third-order valence-electron chi connectivity index (χ3n) is 6.50. The number of hydrogen-bond acceptors (Lipinski definition) is 6. The zero-order chi connectivity index (χ0) is 24.2. The molecule has 0 atom stereocenters. The van der Waals surface area contributed by atoms with E-state index in [0.29, 0.717) is 45.8 Å². The lowest BCUT2D eigenvalue weighted by molar-refractivity contribution is -0.132. The number of nitrogens with zero attached hydrogens (tertiary/aromatic N) is 4. The van der Waals surface area contributed by atoms with Gasteiger partial charge in [0.1, 0.15) is 25.9 Å². The van der Waals surface area contributed by atoms with Crippen LogP contribution >= 0.6 is 0 Å². The summed E-state index contributed by atoms with van der Waals surface area (Å²) in [6.45, 7) is 5.31. The molecule has 0 saturated heterocycles. The Morgan fingerprint density at radius 1 is 1.09 bits per heavy atom. The molecule has 0 bridgehead atoms. The molecule has 0 fully saturated rings. The van der Waals surface area contributed by atoms with Gasteiger partial charge in [-0.1, -0.05) is 18.2 Å². The Hall–Kier alpha value is -3.88. The van der Waals surface area contributed by atoms with Crippen molar-refractivity contribution in [3.63, 3.8) is 0 Å². The molecule has 9 heteroatoms. The third kappa shape index (κ3) is 5.45. The first-order chi connectivity index (χ1) is 17.0. The van der Waals surface area contributed by atoms with E-state index in [0.717, 1.165) is 40.2 Å². The van der Waals surface area contributed by atoms with Crippen molar-refractivity contribution in [3.05, 3.63) is 70.8 Å². The number of nitrogens with one attached hydrogen (secondary N) is 1. The van der Waals surface area contributed by atoms with Gasteiger partial charge in [-0.2, -0.15) is 5.10 Å². The molecule has 2 amide bonds. The maximum Gasteiger partial charge on any atom is 0.224 e. The number of amides is 2. The van der Waals surface area contributed by atoms with Gasteiger partial charge in [-0.25, -0.2) is 4.98 Å². The normalized spacial score (nSPS) is 14.4. The van der Waals surface area contributed by atoms with Gasteiger partial charge in [0.25, 0.3) is 0 Å². The maximum absolute atomic E-state index is 12.7. The molecule has 182 valence electrons. The van der Waals surface area contributed by atoms with Crippen molar-refractivity contribution in [1.29, 1.82) is 0 Å². The van der Waals surface area contributed by atoms with Crippen LogP contribution in [0.1, 0.15) is 34.2 Å². The lowest BCUT2D eigenvalue weighted by Gasteiger charge is -2.29. The van der Waals surface area contributed by atoms with Crippen molar-refractivity contribution in [2.45, 2.75) is 45.8 Å². The Kier molecular flexibility index (Phi) is 6.65. The highest BCUT2D eigenvalue weighted by atomic mass is 16.6. The minimum Gasteiger partial charge on any atom is -0.486 e. The largest absolute Gasteiger partial charge is 0.486 e. The Morgan fingerprint density at radius 3 is 2.71 bits per heavy atom. The Bertz CT molecular complexity index is 1220. The predicted octanol–water partition coefficient (Wildman–Crippen LogP) is 2.19. The summed E-state index contributed by atoms with van der Waals surface area (Å²) in [5, 5.41) is 7.07. The van der Waals surface area contributed by atoms with E-state index in [2.05, 4.69) is 27.5 Å². The average Bonchev–Trinajstić information content (AvgIpc) is 3.39. The third-order valence-corrected chi connectivity index (χ3v) is 6.50. The summed E-state index contributed by atoms with van der Waals surface area (Å²) in [5.41, 5.74) is 5.35. The van der Waals surface area contributed by atoms with Crippen molar-refractivity contribution in [3.8, 4) is 11.5 Å². The fourth-order valence-corrected chi connectivity index (χ4v) is 4.51. The molecule has 2 aromatic carbocycles. The molecule has 9 nitrogen and oxygen atoms in total. The minimum absolute atomic E-state index is 0.0455. The molecule has 35 heavy (non-hydrogen) atoms. The zero-order valence-electron chi connectivity index (χ0n) is 19.8. The molecule has 0 saturated carbocycles. The monoisotopic (exact) mass is 475 g/mol. The summed E-state index contributed by atoms with van der Waals surface area (Å²) in [6, 6.07) is 10.0. The van der Waals surface area contributed by atoms with Crippen molar-refractivity contribution < 1.29 is 19.1 Å². The van der Waals surface area contributed by atoms with E-state index < -0.39 is 0 Å². The van der Waals surface area contributed by atoms with E-state index in [1.807, 2.05) is 30.0 Å². The fourth-order valence-electron chi connectivity index (χ4n) is 4.51. The first-order valence-corrected chi connectivity index (χ1v) is 11.9. The van der Waals surface area contributed by atoms with Crippen molar-refractivity contribution >= 4 is 11.8 Å². The van der Waals surface area contributed by atoms with Crippen LogP contribution in [-0.4, -0.2) is 51.2 Å². The van der Waals surface area contributed by atoms with Gasteiger partial charge < -0.3 is 19.7 Å². The van der Waals surface area contributed by atoms with Gasteiger partial charge in [0, 0.05) is 26.1 Å². The molecular formula is C26H29N5O4. The summed E-state index contributed by atoms with van der Waals surface area (Å²) in [7, 11) is 0. The summed E-state index contributed by atoms with van der Waals surface area (Å²) < 4.78 is 12.9. The summed E-state index contributed by atoms with van der Waals surface area (Å²) in [4.78, 5) is 31.2. The molecule has 0 aliphatic carbocycles. The van der Waals surface area contributed by atoms with Gasteiger partial charge in [-0.3, -0.25) is 14.3 Å². The number of rotatable bonds is 7. The lowest BCUT2D eigenvalue weighted by atomic mass is 9.96. The van der Waals surface area contributed by atoms with E-state index in [9.17, 15) is 9.59 Å². The molecule has 0 unspecified atom stereocenters. The second-order valence-electron chi connectivity index (χ2n) is 8.95. The molecular weight excluding hydrogens is 446 g/mol. The van der Waals surface area contributed by atoms with Crippen LogP contribution in [0.15, 0.2) is 43.0 Å². The van der Waals surface area contributed by atoms with Crippen LogP contribution in [0.3, 0.4) is 0 Å². The molecule has 3 heterocycles. The van der Waals surface area contributed by atoms with Gasteiger partial charge in [-0.05, 0) is 53.3 Å². The molecule has 1 N–H and O–H groups in total. The number of ether oxygens (including phenoxy) is 2. The Labute approximate surface area is 204 Å². The maximum atomic E-state index is 12.7. The highest BCUT2D eigenvalue weighted by Crippen LogP contribution is 2.33. The van der Waals surface area contributed by atoms with Crippen LogP contribution in [-0.2, 0) is 42.1 Å². The second kappa shape index (κ2) is 10.2. The molecule has 2 aliphatic rings. The van der Waals surface area contributed by atoms with Crippen molar-refractivity contribution in [2.24, 2.45) is 0 Å². The van der Waals surface area contributed by atoms with E-state index in [4.69, 9.17) is 9.47 Å². The van der Waals surface area contributed by atoms with Gasteiger partial charge in [0.2, 0.25) is 11.8 Å². The number of carbonyl (C=O) groups is 2. The summed E-state index contributed by atoms with van der Waals surface area (Å²) in [6.07, 6.45) is 4.58. The van der Waals surface area contributed by atoms with Gasteiger partial charge in [0.15, 0.2) is 11.5 Å². The van der Waals surface area contributed by atoms with Gasteiger partial charge in [0.05, 0.1) is 13.0 Å². The van der Waals surface area contributed by atoms with E-state index in [1.165, 1.54) is 11.9 Å². The van der Waals surface area contributed by atoms with Crippen LogP contribution < -0.4 is 14.8 Å². The van der Waals surface area contributed by atoms with Crippen LogP contribution in [0, 0.1) is 6.92 Å². The minimum atomic E-state index is -0.0455. The molecule has 2 aliphatic heterocycles. The van der Waals surface area contributed by atoms with Crippen molar-refractivity contribution in [2.75, 3.05) is 19.8 Å². The van der Waals surface area contributed by atoms with Crippen LogP contribution in [0.2, 0.25) is 0 Å². The van der Waals surface area contributed by atoms with Crippen LogP contribution in [0.4, 0.5) is 0 Å². The molecule has 0 spiro atoms. The fraction of sp³-hybridized carbons (Fsp3) is 0.385. The standard InChI is InChI=1S/C26H29N5O4/c1-18-10-23-24(35-9-8-34-23)13-21(18)14-28-25(32)12-19-2-3-20-4-6-30(15-22(20)11-19)26(33)5-7-31-17-27-16-29-31/h2-3,10-11,13,16-17H,4-9,12,14-15H2,1H3,(H,28,32). The summed E-state index contributed by atoms with van der Waals surface area (Å²) >= 11 is 0. The average molecular weight is 476 g/mol. The molecule has 3 aromatic rings. The molecule has 1 aromatic heterocycles. The lowest BCUT2D eigenvalue weighted by Crippen LogP contribution is -2.36. The molecule has 0 radical (unpaired) electrons. The second-order valence-corrected chi connectivity index (χ2v) is 8.95. The van der Waals surface area contributed by atoms with E-state index in [1.54, 1.807) is 11.0 Å². The number of hydrogen-bond donors (Lipinski definition) is 1. The zero-order valence-corrected chi connectivity index (χ0v) is 19.8. The number of aryl methyl sites for hydroxylation is 2. The number of carbonyl (C=O) groups excluding carboxylic acids is 2. The number of aromatic nitrogens is 3. The van der Waals surface area contributed by atoms with Crippen LogP contribution in [0.25, 0.3) is 0 Å². The van der Waals surface area contributed by atoms with Gasteiger partial charge in [-0.15, -0.1) is 0 Å². The quantitative estimate of drug-likeness (QED) is 0.563. The summed E-state index contributed by atoms with van der Waals surface area (Å²) in [5.74, 6) is 1.53. The molecule has 5 rings (SSSR count). The highest BCUT2D eigenvalue weighted by molar-refractivity contribution is 5.79. The predicted molar refractivity (Wildman–Crippen MR) is 128 cm³/mol. The number of benzene rings is 2.